The van der Waals surface area contributed by atoms with Gasteiger partial charge in [-0.25, -0.2) is 4.98 Å². The van der Waals surface area contributed by atoms with Crippen molar-refractivity contribution >= 4 is 23.2 Å². The van der Waals surface area contributed by atoms with Crippen LogP contribution < -0.4 is 5.32 Å². The van der Waals surface area contributed by atoms with Crippen LogP contribution in [0.25, 0.3) is 0 Å². The van der Waals surface area contributed by atoms with Gasteiger partial charge in [0.25, 0.3) is 5.91 Å². The molecule has 0 spiro atoms. The summed E-state index contributed by atoms with van der Waals surface area (Å²) in [6.45, 7) is 4.73. The van der Waals surface area contributed by atoms with E-state index in [4.69, 9.17) is 9.84 Å². The minimum Gasteiger partial charge on any atom is -0.481 e. The number of nitrogens with one attached hydrogen (secondary N) is 1. The molecule has 1 saturated heterocycles. The molecule has 1 fully saturated rings. The number of amides is 1. The first-order valence-electron chi connectivity index (χ1n) is 6.50. The Labute approximate surface area is 121 Å². The van der Waals surface area contributed by atoms with Gasteiger partial charge >= 0.3 is 5.97 Å². The van der Waals surface area contributed by atoms with Crippen LogP contribution in [-0.4, -0.2) is 40.7 Å². The van der Waals surface area contributed by atoms with Crippen LogP contribution in [0.1, 0.15) is 47.3 Å². The third-order valence-corrected chi connectivity index (χ3v) is 4.51. The molecular weight excluding hydrogens is 280 g/mol. The van der Waals surface area contributed by atoms with Gasteiger partial charge in [-0.05, 0) is 6.42 Å². The fourth-order valence-corrected chi connectivity index (χ4v) is 2.96. The van der Waals surface area contributed by atoms with E-state index < -0.39 is 11.5 Å². The van der Waals surface area contributed by atoms with Crippen LogP contribution >= 0.6 is 11.3 Å². The second-order valence-electron chi connectivity index (χ2n) is 5.33. The Bertz CT molecular complexity index is 506. The second kappa shape index (κ2) is 5.88. The number of carbonyl (C=O) groups excluding carboxylic acids is 1. The number of thiazole rings is 1. The number of hydrogen-bond donors (Lipinski definition) is 2. The highest BCUT2D eigenvalue weighted by Crippen LogP contribution is 2.25. The zero-order valence-electron chi connectivity index (χ0n) is 11.5. The molecule has 1 unspecified atom stereocenters. The molecule has 1 aromatic heterocycles. The molecule has 0 aliphatic carbocycles. The minimum atomic E-state index is -0.942. The summed E-state index contributed by atoms with van der Waals surface area (Å²) in [6, 6.07) is 0. The largest absolute Gasteiger partial charge is 0.481 e. The molecule has 1 aliphatic heterocycles. The van der Waals surface area contributed by atoms with Crippen LogP contribution in [0.3, 0.4) is 0 Å². The van der Waals surface area contributed by atoms with Crippen molar-refractivity contribution in [3.8, 4) is 0 Å². The van der Waals surface area contributed by atoms with Gasteiger partial charge in [0, 0.05) is 12.5 Å². The lowest BCUT2D eigenvalue weighted by Gasteiger charge is -2.26. The van der Waals surface area contributed by atoms with Crippen molar-refractivity contribution in [3.05, 3.63) is 16.1 Å². The quantitative estimate of drug-likeness (QED) is 0.862. The highest BCUT2D eigenvalue weighted by Gasteiger charge is 2.39. The van der Waals surface area contributed by atoms with Crippen LogP contribution in [0.2, 0.25) is 0 Å². The summed E-state index contributed by atoms with van der Waals surface area (Å²) in [5, 5.41) is 12.7. The Kier molecular flexibility index (Phi) is 4.39. The molecule has 0 saturated carbocycles. The first-order valence-corrected chi connectivity index (χ1v) is 7.31. The van der Waals surface area contributed by atoms with Crippen LogP contribution in [0.5, 0.6) is 0 Å². The van der Waals surface area contributed by atoms with E-state index in [0.717, 1.165) is 5.01 Å². The van der Waals surface area contributed by atoms with E-state index in [9.17, 15) is 9.59 Å². The van der Waals surface area contributed by atoms with E-state index in [0.29, 0.717) is 17.9 Å². The molecule has 0 aromatic carbocycles. The van der Waals surface area contributed by atoms with Gasteiger partial charge in [0.2, 0.25) is 0 Å². The molecule has 1 aliphatic rings. The number of aromatic nitrogens is 1. The zero-order chi connectivity index (χ0) is 14.8. The maximum atomic E-state index is 12.2. The maximum Gasteiger partial charge on any atom is 0.305 e. The molecule has 0 bridgehead atoms. The lowest BCUT2D eigenvalue weighted by atomic mass is 9.94. The third kappa shape index (κ3) is 3.34. The number of rotatable bonds is 5. The van der Waals surface area contributed by atoms with Gasteiger partial charge in [-0.1, -0.05) is 13.8 Å². The normalized spacial score (nSPS) is 22.1. The van der Waals surface area contributed by atoms with Crippen molar-refractivity contribution in [1.29, 1.82) is 0 Å². The van der Waals surface area contributed by atoms with Crippen molar-refractivity contribution in [2.24, 2.45) is 0 Å². The van der Waals surface area contributed by atoms with Crippen LogP contribution in [0.4, 0.5) is 0 Å². The Morgan fingerprint density at radius 2 is 2.35 bits per heavy atom. The number of carboxylic acid groups (broad SMARTS) is 1. The monoisotopic (exact) mass is 298 g/mol. The van der Waals surface area contributed by atoms with Crippen molar-refractivity contribution in [1.82, 2.24) is 10.3 Å². The first-order chi connectivity index (χ1) is 9.42. The van der Waals surface area contributed by atoms with E-state index >= 15 is 0 Å². The highest BCUT2D eigenvalue weighted by atomic mass is 32.1. The SMILES string of the molecule is CC(C)c1ncc(C(=O)NC2(CC(=O)O)CCOC2)s1. The molecule has 2 heterocycles. The Hall–Kier alpha value is -1.47. The molecule has 6 nitrogen and oxygen atoms in total. The summed E-state index contributed by atoms with van der Waals surface area (Å²) < 4.78 is 5.25. The van der Waals surface area contributed by atoms with E-state index in [1.165, 1.54) is 11.3 Å². The number of carboxylic acids is 1. The topological polar surface area (TPSA) is 88.5 Å². The molecule has 1 amide bonds. The van der Waals surface area contributed by atoms with Crippen LogP contribution in [0.15, 0.2) is 6.20 Å². The average molecular weight is 298 g/mol. The van der Waals surface area contributed by atoms with Gasteiger partial charge in [-0.15, -0.1) is 11.3 Å². The zero-order valence-corrected chi connectivity index (χ0v) is 12.3. The maximum absolute atomic E-state index is 12.2. The minimum absolute atomic E-state index is 0.130. The van der Waals surface area contributed by atoms with Crippen molar-refractivity contribution in [2.45, 2.75) is 38.1 Å². The van der Waals surface area contributed by atoms with Crippen LogP contribution in [0, 0.1) is 0 Å². The van der Waals surface area contributed by atoms with E-state index in [-0.39, 0.29) is 24.9 Å². The summed E-state index contributed by atoms with van der Waals surface area (Å²) in [5.74, 6) is -0.950. The first kappa shape index (κ1) is 14.9. The smallest absolute Gasteiger partial charge is 0.305 e. The fourth-order valence-electron chi connectivity index (χ4n) is 2.14. The fraction of sp³-hybridized carbons (Fsp3) is 0.615. The predicted octanol–water partition coefficient (Wildman–Crippen LogP) is 1.63. The van der Waals surface area contributed by atoms with Gasteiger partial charge in [0.15, 0.2) is 0 Å². The van der Waals surface area contributed by atoms with Gasteiger partial charge < -0.3 is 15.2 Å². The predicted molar refractivity (Wildman–Crippen MR) is 74.1 cm³/mol. The van der Waals surface area contributed by atoms with Crippen molar-refractivity contribution in [3.63, 3.8) is 0 Å². The molecule has 1 aromatic rings. The Morgan fingerprint density at radius 1 is 1.60 bits per heavy atom. The summed E-state index contributed by atoms with van der Waals surface area (Å²) in [7, 11) is 0. The number of carbonyl (C=O) groups is 2. The lowest BCUT2D eigenvalue weighted by Crippen LogP contribution is -2.50. The standard InChI is InChI=1S/C13H18N2O4S/c1-8(2)12-14-6-9(20-12)11(18)15-13(5-10(16)17)3-4-19-7-13/h6,8H,3-5,7H2,1-2H3,(H,15,18)(H,16,17). The van der Waals surface area contributed by atoms with E-state index in [2.05, 4.69) is 10.3 Å². The molecule has 20 heavy (non-hydrogen) atoms. The number of nitrogens with zero attached hydrogens (tertiary/aromatic N) is 1. The summed E-state index contributed by atoms with van der Waals surface area (Å²) in [4.78, 5) is 27.9. The lowest BCUT2D eigenvalue weighted by molar-refractivity contribution is -0.138. The molecule has 110 valence electrons. The number of ether oxygens (including phenoxy) is 1. The molecule has 1 atom stereocenters. The molecule has 0 radical (unpaired) electrons. The van der Waals surface area contributed by atoms with Gasteiger partial charge in [-0.3, -0.25) is 9.59 Å². The molecule has 2 N–H and O–H groups in total. The summed E-state index contributed by atoms with van der Waals surface area (Å²) in [6.07, 6.45) is 1.93. The van der Waals surface area contributed by atoms with Crippen molar-refractivity contribution < 1.29 is 19.4 Å². The summed E-state index contributed by atoms with van der Waals surface area (Å²) >= 11 is 1.34. The van der Waals surface area contributed by atoms with E-state index in [1.54, 1.807) is 6.20 Å². The molecule has 7 heteroatoms. The number of aliphatic carboxylic acids is 1. The second-order valence-corrected chi connectivity index (χ2v) is 6.39. The Balaban J connectivity index is 2.09. The van der Waals surface area contributed by atoms with Crippen molar-refractivity contribution in [2.75, 3.05) is 13.2 Å². The van der Waals surface area contributed by atoms with Gasteiger partial charge in [-0.2, -0.15) is 0 Å². The third-order valence-electron chi connectivity index (χ3n) is 3.21. The average Bonchev–Trinajstić information content (AvgIpc) is 2.96. The van der Waals surface area contributed by atoms with Gasteiger partial charge in [0.1, 0.15) is 4.88 Å². The van der Waals surface area contributed by atoms with E-state index in [1.807, 2.05) is 13.8 Å². The molecular formula is C13H18N2O4S. The Morgan fingerprint density at radius 3 is 2.85 bits per heavy atom. The van der Waals surface area contributed by atoms with Gasteiger partial charge in [0.05, 0.1) is 29.8 Å². The highest BCUT2D eigenvalue weighted by molar-refractivity contribution is 7.13. The van der Waals surface area contributed by atoms with Crippen LogP contribution in [-0.2, 0) is 9.53 Å². The summed E-state index contributed by atoms with van der Waals surface area (Å²) in [5.41, 5.74) is -0.801. The molecule has 2 rings (SSSR count). The number of hydrogen-bond acceptors (Lipinski definition) is 5.